The van der Waals surface area contributed by atoms with Crippen molar-refractivity contribution in [3.63, 3.8) is 0 Å². The number of esters is 1. The van der Waals surface area contributed by atoms with E-state index >= 15 is 0 Å². The highest BCUT2D eigenvalue weighted by atomic mass is 16.5. The van der Waals surface area contributed by atoms with E-state index in [1.807, 2.05) is 12.1 Å². The fraction of sp³-hybridized carbons (Fsp3) is 0.533. The van der Waals surface area contributed by atoms with E-state index in [9.17, 15) is 4.79 Å². The second-order valence-corrected chi connectivity index (χ2v) is 5.35. The number of para-hydroxylation sites is 1. The molecule has 2 fully saturated rings. The Morgan fingerprint density at radius 2 is 2.35 bits per heavy atom. The molecule has 20 heavy (non-hydrogen) atoms. The first kappa shape index (κ1) is 13.2. The van der Waals surface area contributed by atoms with Crippen LogP contribution in [0.1, 0.15) is 36.5 Å². The number of rotatable bonds is 4. The summed E-state index contributed by atoms with van der Waals surface area (Å²) in [6.45, 7) is 2.12. The molecule has 3 N–H and O–H groups in total. The van der Waals surface area contributed by atoms with Gasteiger partial charge in [0.1, 0.15) is 0 Å². The van der Waals surface area contributed by atoms with Crippen LogP contribution in [-0.4, -0.2) is 30.8 Å². The van der Waals surface area contributed by atoms with Crippen molar-refractivity contribution in [1.29, 1.82) is 0 Å². The first-order valence-electron chi connectivity index (χ1n) is 7.16. The molecule has 0 amide bonds. The highest BCUT2D eigenvalue weighted by Crippen LogP contribution is 2.37. The number of carbonyl (C=O) groups excluding carboxylic acids is 1. The molecule has 3 rings (SSSR count). The molecule has 1 aromatic carbocycles. The van der Waals surface area contributed by atoms with Crippen LogP contribution in [0, 0.1) is 0 Å². The van der Waals surface area contributed by atoms with E-state index in [0.29, 0.717) is 24.0 Å². The van der Waals surface area contributed by atoms with Crippen LogP contribution in [0.3, 0.4) is 0 Å². The van der Waals surface area contributed by atoms with Crippen LogP contribution in [0.15, 0.2) is 18.2 Å². The largest absolute Gasteiger partial charge is 0.462 e. The summed E-state index contributed by atoms with van der Waals surface area (Å²) >= 11 is 0. The number of nitrogens with two attached hydrogens (primary N) is 1. The van der Waals surface area contributed by atoms with Crippen LogP contribution >= 0.6 is 0 Å². The van der Waals surface area contributed by atoms with E-state index in [1.54, 1.807) is 13.0 Å². The Balaban J connectivity index is 1.76. The molecule has 2 saturated heterocycles. The van der Waals surface area contributed by atoms with Gasteiger partial charge in [0.15, 0.2) is 0 Å². The minimum Gasteiger partial charge on any atom is -0.462 e. The quantitative estimate of drug-likeness (QED) is 0.651. The zero-order valence-electron chi connectivity index (χ0n) is 11.6. The first-order chi connectivity index (χ1) is 9.69. The van der Waals surface area contributed by atoms with Gasteiger partial charge in [0.2, 0.25) is 0 Å². The maximum absolute atomic E-state index is 11.8. The second-order valence-electron chi connectivity index (χ2n) is 5.35. The molecule has 5 heteroatoms. The Bertz CT molecular complexity index is 518. The third-order valence-corrected chi connectivity index (χ3v) is 4.05. The van der Waals surface area contributed by atoms with E-state index in [1.165, 1.54) is 0 Å². The Morgan fingerprint density at radius 3 is 3.00 bits per heavy atom. The van der Waals surface area contributed by atoms with Crippen molar-refractivity contribution in [2.24, 2.45) is 0 Å². The molecule has 5 nitrogen and oxygen atoms in total. The molecule has 0 radical (unpaired) electrons. The lowest BCUT2D eigenvalue weighted by Crippen LogP contribution is -2.31. The second kappa shape index (κ2) is 5.32. The number of ether oxygens (including phenoxy) is 2. The predicted octanol–water partition coefficient (Wildman–Crippen LogP) is 2.18. The molecular weight excluding hydrogens is 256 g/mol. The van der Waals surface area contributed by atoms with E-state index in [-0.39, 0.29) is 18.1 Å². The number of benzene rings is 1. The number of hydrogen-bond donors (Lipinski definition) is 2. The highest BCUT2D eigenvalue weighted by molar-refractivity contribution is 5.98. The number of hydrogen-bond acceptors (Lipinski definition) is 5. The van der Waals surface area contributed by atoms with E-state index in [0.717, 1.165) is 24.9 Å². The van der Waals surface area contributed by atoms with Crippen LogP contribution in [0.25, 0.3) is 0 Å². The Morgan fingerprint density at radius 1 is 1.50 bits per heavy atom. The molecule has 1 aromatic rings. The molecule has 2 bridgehead atoms. The monoisotopic (exact) mass is 276 g/mol. The lowest BCUT2D eigenvalue weighted by atomic mass is 9.95. The fourth-order valence-corrected chi connectivity index (χ4v) is 3.07. The van der Waals surface area contributed by atoms with Gasteiger partial charge in [0.05, 0.1) is 41.8 Å². The third kappa shape index (κ3) is 2.33. The number of fused-ring (bicyclic) bond motifs is 2. The summed E-state index contributed by atoms with van der Waals surface area (Å²) in [5, 5.41) is 3.42. The summed E-state index contributed by atoms with van der Waals surface area (Å²) < 4.78 is 10.8. The van der Waals surface area contributed by atoms with Gasteiger partial charge in [-0.1, -0.05) is 6.07 Å². The minimum absolute atomic E-state index is 0.269. The van der Waals surface area contributed by atoms with E-state index in [4.69, 9.17) is 15.2 Å². The Hall–Kier alpha value is -1.75. The average molecular weight is 276 g/mol. The van der Waals surface area contributed by atoms with Crippen molar-refractivity contribution in [1.82, 2.24) is 0 Å². The summed E-state index contributed by atoms with van der Waals surface area (Å²) in [5.74, 6) is -0.377. The van der Waals surface area contributed by atoms with Crippen LogP contribution in [0.2, 0.25) is 0 Å². The van der Waals surface area contributed by atoms with Gasteiger partial charge in [-0.05, 0) is 38.3 Å². The maximum atomic E-state index is 11.8. The van der Waals surface area contributed by atoms with Crippen LogP contribution in [0.5, 0.6) is 0 Å². The topological polar surface area (TPSA) is 73.6 Å². The van der Waals surface area contributed by atoms with Gasteiger partial charge in [0, 0.05) is 0 Å². The van der Waals surface area contributed by atoms with Gasteiger partial charge in [-0.3, -0.25) is 0 Å². The number of carbonyl (C=O) groups is 1. The number of nitrogens with one attached hydrogen (secondary N) is 1. The summed E-state index contributed by atoms with van der Waals surface area (Å²) in [6.07, 6.45) is 3.91. The van der Waals surface area contributed by atoms with Gasteiger partial charge in [-0.2, -0.15) is 0 Å². The van der Waals surface area contributed by atoms with Gasteiger partial charge in [-0.15, -0.1) is 0 Å². The molecule has 0 saturated carbocycles. The SMILES string of the molecule is CCOC(=O)c1cccc(NC2CC3CCC2O3)c1N. The average Bonchev–Trinajstić information content (AvgIpc) is 3.04. The lowest BCUT2D eigenvalue weighted by Gasteiger charge is -2.22. The van der Waals surface area contributed by atoms with Crippen molar-refractivity contribution < 1.29 is 14.3 Å². The lowest BCUT2D eigenvalue weighted by molar-refractivity contribution is 0.0527. The Labute approximate surface area is 118 Å². The van der Waals surface area contributed by atoms with Crippen molar-refractivity contribution in [2.75, 3.05) is 17.7 Å². The molecule has 2 aliphatic rings. The van der Waals surface area contributed by atoms with Crippen molar-refractivity contribution >= 4 is 17.3 Å². The normalized spacial score (nSPS) is 27.6. The molecule has 2 heterocycles. The van der Waals surface area contributed by atoms with E-state index < -0.39 is 0 Å². The first-order valence-corrected chi connectivity index (χ1v) is 7.16. The minimum atomic E-state index is -0.377. The molecule has 3 atom stereocenters. The zero-order valence-corrected chi connectivity index (χ0v) is 11.6. The third-order valence-electron chi connectivity index (χ3n) is 4.05. The number of anilines is 2. The molecule has 108 valence electrons. The van der Waals surface area contributed by atoms with Crippen molar-refractivity contribution in [3.8, 4) is 0 Å². The van der Waals surface area contributed by atoms with Crippen LogP contribution in [-0.2, 0) is 9.47 Å². The van der Waals surface area contributed by atoms with Gasteiger partial charge in [-0.25, -0.2) is 4.79 Å². The summed E-state index contributed by atoms with van der Waals surface area (Å²) in [7, 11) is 0. The summed E-state index contributed by atoms with van der Waals surface area (Å²) in [4.78, 5) is 11.8. The molecular formula is C15H20N2O3. The van der Waals surface area contributed by atoms with Crippen molar-refractivity contribution in [2.45, 2.75) is 44.4 Å². The van der Waals surface area contributed by atoms with Crippen LogP contribution in [0.4, 0.5) is 11.4 Å². The van der Waals surface area contributed by atoms with Gasteiger partial charge < -0.3 is 20.5 Å². The summed E-state index contributed by atoms with van der Waals surface area (Å²) in [5.41, 5.74) is 7.75. The highest BCUT2D eigenvalue weighted by Gasteiger charge is 2.40. The van der Waals surface area contributed by atoms with Crippen molar-refractivity contribution in [3.05, 3.63) is 23.8 Å². The fourth-order valence-electron chi connectivity index (χ4n) is 3.07. The molecule has 0 aromatic heterocycles. The van der Waals surface area contributed by atoms with Gasteiger partial charge in [0.25, 0.3) is 0 Å². The zero-order chi connectivity index (χ0) is 14.1. The standard InChI is InChI=1S/C15H20N2O3/c1-2-19-15(18)10-4-3-5-11(14(10)16)17-12-8-9-6-7-13(12)20-9/h3-5,9,12-13,17H,2,6-8,16H2,1H3. The molecule has 0 spiro atoms. The van der Waals surface area contributed by atoms with E-state index in [2.05, 4.69) is 5.32 Å². The smallest absolute Gasteiger partial charge is 0.340 e. The number of nitrogen functional groups attached to an aromatic ring is 1. The Kier molecular flexibility index (Phi) is 3.53. The molecule has 2 aliphatic heterocycles. The van der Waals surface area contributed by atoms with Crippen LogP contribution < -0.4 is 11.1 Å². The molecule has 0 aliphatic carbocycles. The predicted molar refractivity (Wildman–Crippen MR) is 76.7 cm³/mol. The summed E-state index contributed by atoms with van der Waals surface area (Å²) in [6, 6.07) is 5.69. The molecule has 3 unspecified atom stereocenters. The van der Waals surface area contributed by atoms with Gasteiger partial charge >= 0.3 is 5.97 Å². The maximum Gasteiger partial charge on any atom is 0.340 e.